The molecule has 0 atom stereocenters. The minimum atomic E-state index is -0.394. The predicted octanol–water partition coefficient (Wildman–Crippen LogP) is 5.52. The lowest BCUT2D eigenvalue weighted by atomic mass is 9.97. The number of hydrogen-bond acceptors (Lipinski definition) is 1. The molecule has 0 aliphatic rings. The molecule has 3 aromatic carbocycles. The molecule has 0 heterocycles. The second kappa shape index (κ2) is 5.58. The number of halogens is 2. The smallest absolute Gasteiger partial charge is 0.131 e. The summed E-state index contributed by atoms with van der Waals surface area (Å²) in [6.45, 7) is 0. The van der Waals surface area contributed by atoms with E-state index in [4.69, 9.17) is 11.6 Å². The average molecular weight is 299 g/mol. The highest BCUT2D eigenvalue weighted by Gasteiger charge is 2.15. The lowest BCUT2D eigenvalue weighted by molar-refractivity contribution is 0.478. The summed E-state index contributed by atoms with van der Waals surface area (Å²) in [6, 6.07) is 18.9. The minimum absolute atomic E-state index is 0.0238. The Morgan fingerprint density at radius 2 is 1.38 bits per heavy atom. The van der Waals surface area contributed by atoms with Crippen molar-refractivity contribution in [2.75, 3.05) is 0 Å². The van der Waals surface area contributed by atoms with Crippen molar-refractivity contribution in [3.05, 3.63) is 77.6 Å². The number of rotatable bonds is 2. The van der Waals surface area contributed by atoms with Gasteiger partial charge in [-0.15, -0.1) is 0 Å². The molecule has 0 fully saturated rings. The van der Waals surface area contributed by atoms with Crippen molar-refractivity contribution in [3.8, 4) is 28.0 Å². The van der Waals surface area contributed by atoms with E-state index < -0.39 is 5.82 Å². The summed E-state index contributed by atoms with van der Waals surface area (Å²) in [5, 5.41) is 11.0. The normalized spacial score (nSPS) is 10.6. The first kappa shape index (κ1) is 13.7. The summed E-state index contributed by atoms with van der Waals surface area (Å²) >= 11 is 6.14. The van der Waals surface area contributed by atoms with E-state index in [1.54, 1.807) is 30.3 Å². The van der Waals surface area contributed by atoms with Gasteiger partial charge in [0.25, 0.3) is 0 Å². The molecule has 0 aromatic heterocycles. The van der Waals surface area contributed by atoms with E-state index in [2.05, 4.69) is 0 Å². The van der Waals surface area contributed by atoms with E-state index in [0.717, 1.165) is 5.56 Å². The first-order valence-corrected chi connectivity index (χ1v) is 6.87. The van der Waals surface area contributed by atoms with Crippen LogP contribution in [0, 0.1) is 5.82 Å². The number of benzene rings is 3. The molecule has 0 unspecified atom stereocenters. The van der Waals surface area contributed by atoms with Crippen molar-refractivity contribution in [1.29, 1.82) is 0 Å². The maximum absolute atomic E-state index is 14.0. The number of aromatic hydroxyl groups is 1. The predicted molar refractivity (Wildman–Crippen MR) is 83.9 cm³/mol. The molecule has 0 saturated carbocycles. The molecule has 0 aliphatic carbocycles. The second-order valence-electron chi connectivity index (χ2n) is 4.70. The molecule has 3 aromatic rings. The molecule has 3 heteroatoms. The van der Waals surface area contributed by atoms with Crippen LogP contribution in [0.5, 0.6) is 5.75 Å². The van der Waals surface area contributed by atoms with E-state index in [1.165, 1.54) is 6.07 Å². The van der Waals surface area contributed by atoms with Crippen LogP contribution >= 0.6 is 11.6 Å². The molecule has 0 aliphatic heterocycles. The van der Waals surface area contributed by atoms with Crippen LogP contribution in [0.3, 0.4) is 0 Å². The Labute approximate surface area is 127 Å². The lowest BCUT2D eigenvalue weighted by Crippen LogP contribution is -1.88. The van der Waals surface area contributed by atoms with E-state index >= 15 is 0 Å². The summed E-state index contributed by atoms with van der Waals surface area (Å²) in [4.78, 5) is 0. The van der Waals surface area contributed by atoms with Crippen molar-refractivity contribution >= 4 is 11.6 Å². The van der Waals surface area contributed by atoms with Gasteiger partial charge in [0, 0.05) is 21.7 Å². The van der Waals surface area contributed by atoms with Crippen LogP contribution in [0.4, 0.5) is 4.39 Å². The van der Waals surface area contributed by atoms with E-state index in [1.807, 2.05) is 30.3 Å². The zero-order valence-corrected chi connectivity index (χ0v) is 11.8. The van der Waals surface area contributed by atoms with Crippen molar-refractivity contribution < 1.29 is 9.50 Å². The third kappa shape index (κ3) is 2.63. The van der Waals surface area contributed by atoms with E-state index in [9.17, 15) is 9.50 Å². The summed E-state index contributed by atoms with van der Waals surface area (Å²) in [5.74, 6) is -0.371. The van der Waals surface area contributed by atoms with Gasteiger partial charge in [-0.1, -0.05) is 60.1 Å². The van der Waals surface area contributed by atoms with Gasteiger partial charge in [-0.25, -0.2) is 4.39 Å². The molecule has 0 amide bonds. The first-order valence-electron chi connectivity index (χ1n) is 6.49. The van der Waals surface area contributed by atoms with Crippen LogP contribution in [0.2, 0.25) is 5.02 Å². The fourth-order valence-corrected chi connectivity index (χ4v) is 2.54. The van der Waals surface area contributed by atoms with Gasteiger partial charge >= 0.3 is 0 Å². The maximum Gasteiger partial charge on any atom is 0.131 e. The molecular formula is C18H12ClFO. The Kier molecular flexibility index (Phi) is 3.63. The Balaban J connectivity index is 2.25. The Bertz CT molecular complexity index is 784. The average Bonchev–Trinajstić information content (AvgIpc) is 2.51. The maximum atomic E-state index is 14.0. The summed E-state index contributed by atoms with van der Waals surface area (Å²) in [7, 11) is 0. The van der Waals surface area contributed by atoms with Crippen LogP contribution in [0.25, 0.3) is 22.3 Å². The van der Waals surface area contributed by atoms with Crippen LogP contribution in [0.15, 0.2) is 66.7 Å². The van der Waals surface area contributed by atoms with Gasteiger partial charge in [-0.3, -0.25) is 0 Å². The van der Waals surface area contributed by atoms with E-state index in [-0.39, 0.29) is 5.75 Å². The van der Waals surface area contributed by atoms with Crippen LogP contribution in [-0.4, -0.2) is 5.11 Å². The SMILES string of the molecule is Oc1c(-c2ccccc2)cc(Cl)cc1-c1ccccc1F. The van der Waals surface area contributed by atoms with Gasteiger partial charge in [-0.2, -0.15) is 0 Å². The molecule has 1 N–H and O–H groups in total. The van der Waals surface area contributed by atoms with Crippen molar-refractivity contribution in [1.82, 2.24) is 0 Å². The number of hydrogen-bond donors (Lipinski definition) is 1. The molecule has 0 radical (unpaired) electrons. The van der Waals surface area contributed by atoms with Gasteiger partial charge in [0.1, 0.15) is 11.6 Å². The lowest BCUT2D eigenvalue weighted by Gasteiger charge is -2.12. The van der Waals surface area contributed by atoms with Crippen molar-refractivity contribution in [3.63, 3.8) is 0 Å². The van der Waals surface area contributed by atoms with Gasteiger partial charge < -0.3 is 5.11 Å². The van der Waals surface area contributed by atoms with E-state index in [0.29, 0.717) is 21.7 Å². The van der Waals surface area contributed by atoms with Gasteiger partial charge in [-0.05, 0) is 23.8 Å². The molecule has 21 heavy (non-hydrogen) atoms. The highest BCUT2D eigenvalue weighted by Crippen LogP contribution is 2.41. The fourth-order valence-electron chi connectivity index (χ4n) is 2.32. The highest BCUT2D eigenvalue weighted by atomic mass is 35.5. The molecule has 0 spiro atoms. The summed E-state index contributed by atoms with van der Waals surface area (Å²) < 4.78 is 14.0. The largest absolute Gasteiger partial charge is 0.507 e. The first-order chi connectivity index (χ1) is 10.2. The molecular weight excluding hydrogens is 287 g/mol. The molecule has 0 saturated heterocycles. The van der Waals surface area contributed by atoms with Crippen LogP contribution < -0.4 is 0 Å². The van der Waals surface area contributed by atoms with Crippen LogP contribution in [-0.2, 0) is 0 Å². The Morgan fingerprint density at radius 1 is 0.762 bits per heavy atom. The number of phenols is 1. The van der Waals surface area contributed by atoms with Crippen molar-refractivity contribution in [2.45, 2.75) is 0 Å². The zero-order chi connectivity index (χ0) is 14.8. The molecule has 3 rings (SSSR count). The fraction of sp³-hybridized carbons (Fsp3) is 0. The third-order valence-corrected chi connectivity index (χ3v) is 3.54. The monoisotopic (exact) mass is 298 g/mol. The standard InChI is InChI=1S/C18H12ClFO/c19-13-10-15(12-6-2-1-3-7-12)18(21)16(11-13)14-8-4-5-9-17(14)20/h1-11,21H. The molecule has 104 valence electrons. The van der Waals surface area contributed by atoms with Gasteiger partial charge in [0.05, 0.1) is 0 Å². The Hall–Kier alpha value is -2.32. The molecule has 1 nitrogen and oxygen atoms in total. The number of phenolic OH excluding ortho intramolecular Hbond substituents is 1. The van der Waals surface area contributed by atoms with Gasteiger partial charge in [0.2, 0.25) is 0 Å². The third-order valence-electron chi connectivity index (χ3n) is 3.32. The Morgan fingerprint density at radius 3 is 2.10 bits per heavy atom. The summed E-state index contributed by atoms with van der Waals surface area (Å²) in [6.07, 6.45) is 0. The summed E-state index contributed by atoms with van der Waals surface area (Å²) in [5.41, 5.74) is 2.13. The highest BCUT2D eigenvalue weighted by molar-refractivity contribution is 6.31. The van der Waals surface area contributed by atoms with Gasteiger partial charge in [0.15, 0.2) is 0 Å². The molecule has 0 bridgehead atoms. The topological polar surface area (TPSA) is 20.2 Å². The van der Waals surface area contributed by atoms with Crippen molar-refractivity contribution in [2.24, 2.45) is 0 Å². The second-order valence-corrected chi connectivity index (χ2v) is 5.13. The quantitative estimate of drug-likeness (QED) is 0.660. The van der Waals surface area contributed by atoms with Crippen LogP contribution in [0.1, 0.15) is 0 Å². The minimum Gasteiger partial charge on any atom is -0.507 e. The zero-order valence-electron chi connectivity index (χ0n) is 11.1.